The van der Waals surface area contributed by atoms with Crippen molar-refractivity contribution in [2.45, 2.75) is 44.6 Å². The summed E-state index contributed by atoms with van der Waals surface area (Å²) in [5, 5.41) is 5.65. The van der Waals surface area contributed by atoms with Crippen molar-refractivity contribution in [3.63, 3.8) is 0 Å². The highest BCUT2D eigenvalue weighted by molar-refractivity contribution is 8.08. The van der Waals surface area contributed by atoms with Gasteiger partial charge in [0, 0.05) is 13.1 Å². The number of benzene rings is 2. The molecular weight excluding hydrogens is 386 g/mol. The Labute approximate surface area is 171 Å². The third-order valence-corrected chi connectivity index (χ3v) is 7.12. The topological polar surface area (TPSA) is 70.1 Å². The summed E-state index contributed by atoms with van der Waals surface area (Å²) >= 11 is 0. The predicted molar refractivity (Wildman–Crippen MR) is 114 cm³/mol. The molecule has 0 aliphatic carbocycles. The lowest BCUT2D eigenvalue weighted by molar-refractivity contribution is -0.124. The number of carbonyl (C=O) groups excluding carboxylic acids is 1. The average molecular weight is 412 g/mol. The highest BCUT2D eigenvalue weighted by atomic mass is 32.2. The zero-order valence-electron chi connectivity index (χ0n) is 16.8. The second-order valence-corrected chi connectivity index (χ2v) is 9.61. The molecule has 2 aliphatic rings. The third kappa shape index (κ3) is 3.79. The van der Waals surface area contributed by atoms with Crippen LogP contribution in [0.2, 0.25) is 0 Å². The summed E-state index contributed by atoms with van der Waals surface area (Å²) in [5.74, 6) is -0.496. The number of aryl methyl sites for hydroxylation is 2. The molecule has 0 atom stereocenters. The van der Waals surface area contributed by atoms with Crippen molar-refractivity contribution in [2.75, 3.05) is 18.1 Å². The monoisotopic (exact) mass is 411 g/mol. The van der Waals surface area contributed by atoms with Crippen LogP contribution >= 0.6 is 0 Å². The highest BCUT2D eigenvalue weighted by Gasteiger charge is 2.39. The Morgan fingerprint density at radius 2 is 1.62 bits per heavy atom. The second kappa shape index (κ2) is 7.63. The highest BCUT2D eigenvalue weighted by Crippen LogP contribution is 2.34. The number of carbonyl (C=O) groups is 1. The van der Waals surface area contributed by atoms with Gasteiger partial charge in [0.25, 0.3) is 5.91 Å². The summed E-state index contributed by atoms with van der Waals surface area (Å²) in [6.45, 7) is 5.47. The Hall–Kier alpha value is -2.67. The van der Waals surface area contributed by atoms with Crippen LogP contribution in [0.3, 0.4) is 0 Å². The molecule has 0 spiro atoms. The molecule has 2 aliphatic heterocycles. The number of hydrogen-bond acceptors (Lipinski definition) is 5. The lowest BCUT2D eigenvalue weighted by Crippen LogP contribution is -2.45. The molecule has 1 saturated heterocycles. The molecule has 6 nitrogen and oxygen atoms in total. The molecule has 1 amide bonds. The Kier molecular flexibility index (Phi) is 5.17. The van der Waals surface area contributed by atoms with E-state index in [1.165, 1.54) is 0 Å². The lowest BCUT2D eigenvalue weighted by atomic mass is 10.1. The number of sulfone groups is 1. The molecule has 0 unspecified atom stereocenters. The van der Waals surface area contributed by atoms with Gasteiger partial charge in [0.05, 0.1) is 17.1 Å². The maximum absolute atomic E-state index is 13.2. The van der Waals surface area contributed by atoms with Crippen LogP contribution < -0.4 is 5.01 Å². The van der Waals surface area contributed by atoms with E-state index in [9.17, 15) is 13.2 Å². The van der Waals surface area contributed by atoms with E-state index >= 15 is 0 Å². The van der Waals surface area contributed by atoms with E-state index < -0.39 is 15.7 Å². The van der Waals surface area contributed by atoms with E-state index in [-0.39, 0.29) is 9.94 Å². The van der Waals surface area contributed by atoms with Crippen molar-refractivity contribution in [1.29, 1.82) is 0 Å². The molecule has 2 heterocycles. The maximum atomic E-state index is 13.2. The largest absolute Gasteiger partial charge is 0.337 e. The summed E-state index contributed by atoms with van der Waals surface area (Å²) in [6, 6.07) is 13.2. The predicted octanol–water partition coefficient (Wildman–Crippen LogP) is 3.42. The molecule has 0 aromatic heterocycles. The first-order valence-electron chi connectivity index (χ1n) is 9.93. The number of amides is 1. The van der Waals surface area contributed by atoms with Crippen LogP contribution in [0.1, 0.15) is 36.0 Å². The summed E-state index contributed by atoms with van der Waals surface area (Å²) in [5.41, 5.74) is 3.60. The van der Waals surface area contributed by atoms with Crippen LogP contribution in [-0.4, -0.2) is 37.4 Å². The van der Waals surface area contributed by atoms with E-state index in [4.69, 9.17) is 0 Å². The number of likely N-dealkylation sites (tertiary alicyclic amines) is 1. The maximum Gasteiger partial charge on any atom is 0.286 e. The van der Waals surface area contributed by atoms with Crippen molar-refractivity contribution < 1.29 is 13.2 Å². The number of piperidine rings is 1. The molecule has 2 aromatic carbocycles. The number of nitrogens with zero attached hydrogens (tertiary/aromatic N) is 3. The Balaban J connectivity index is 1.77. The third-order valence-electron chi connectivity index (χ3n) is 5.43. The summed E-state index contributed by atoms with van der Waals surface area (Å²) in [6.07, 6.45) is 2.84. The van der Waals surface area contributed by atoms with Crippen LogP contribution in [0.25, 0.3) is 0 Å². The minimum atomic E-state index is -3.96. The zero-order valence-corrected chi connectivity index (χ0v) is 17.6. The van der Waals surface area contributed by atoms with Crippen molar-refractivity contribution in [1.82, 2.24) is 4.90 Å². The van der Waals surface area contributed by atoms with Gasteiger partial charge in [-0.05, 0) is 56.4 Å². The summed E-state index contributed by atoms with van der Waals surface area (Å²) in [7, 11) is -3.96. The minimum Gasteiger partial charge on any atom is -0.337 e. The summed E-state index contributed by atoms with van der Waals surface area (Å²) < 4.78 is 26.5. The summed E-state index contributed by atoms with van der Waals surface area (Å²) in [4.78, 5) is 14.8. The van der Waals surface area contributed by atoms with Crippen LogP contribution in [0, 0.1) is 13.8 Å². The molecule has 0 N–H and O–H groups in total. The van der Waals surface area contributed by atoms with Crippen LogP contribution in [-0.2, 0) is 21.2 Å². The molecule has 7 heteroatoms. The average Bonchev–Trinajstić information content (AvgIpc) is 2.71. The van der Waals surface area contributed by atoms with Gasteiger partial charge in [-0.2, -0.15) is 5.10 Å². The van der Waals surface area contributed by atoms with Crippen molar-refractivity contribution in [2.24, 2.45) is 5.10 Å². The quantitative estimate of drug-likeness (QED) is 0.776. The number of hydrazone groups is 1. The normalized spacial score (nSPS) is 18.2. The van der Waals surface area contributed by atoms with Crippen molar-refractivity contribution in [3.05, 3.63) is 59.2 Å². The van der Waals surface area contributed by atoms with E-state index in [1.54, 1.807) is 22.0 Å². The molecule has 1 fully saturated rings. The van der Waals surface area contributed by atoms with Gasteiger partial charge in [-0.3, -0.25) is 9.80 Å². The van der Waals surface area contributed by atoms with Gasteiger partial charge in [0.15, 0.2) is 0 Å². The fourth-order valence-corrected chi connectivity index (χ4v) is 5.21. The first-order valence-corrected chi connectivity index (χ1v) is 11.4. The van der Waals surface area contributed by atoms with E-state index in [0.29, 0.717) is 25.3 Å². The molecule has 0 bridgehead atoms. The number of anilines is 1. The minimum absolute atomic E-state index is 0.144. The fraction of sp³-hybridized carbons (Fsp3) is 0.364. The van der Waals surface area contributed by atoms with Gasteiger partial charge < -0.3 is 4.90 Å². The molecular formula is C22H25N3O3S. The molecule has 2 aromatic rings. The van der Waals surface area contributed by atoms with Gasteiger partial charge in [-0.25, -0.2) is 8.42 Å². The Morgan fingerprint density at radius 3 is 2.31 bits per heavy atom. The Morgan fingerprint density at radius 1 is 0.966 bits per heavy atom. The Bertz CT molecular complexity index is 1070. The van der Waals surface area contributed by atoms with Gasteiger partial charge in [0.2, 0.25) is 14.9 Å². The fourth-order valence-electron chi connectivity index (χ4n) is 3.75. The van der Waals surface area contributed by atoms with Gasteiger partial charge >= 0.3 is 0 Å². The smallest absolute Gasteiger partial charge is 0.286 e. The molecule has 0 saturated carbocycles. The first-order chi connectivity index (χ1) is 13.9. The van der Waals surface area contributed by atoms with E-state index in [1.807, 2.05) is 44.2 Å². The zero-order chi connectivity index (χ0) is 20.6. The van der Waals surface area contributed by atoms with Crippen LogP contribution in [0.15, 0.2) is 52.5 Å². The standard InChI is InChI=1S/C22H25N3O3S/c1-16-6-9-18(10-7-16)15-25-19-14-17(2)8-11-20(19)29(27,28)21(23-25)22(26)24-12-4-3-5-13-24/h6-11,14H,3-5,12-13,15H2,1-2H3. The lowest BCUT2D eigenvalue weighted by Gasteiger charge is -2.31. The number of rotatable bonds is 3. The van der Waals surface area contributed by atoms with Crippen molar-refractivity contribution in [3.8, 4) is 0 Å². The molecule has 152 valence electrons. The van der Waals surface area contributed by atoms with Gasteiger partial charge in [-0.1, -0.05) is 35.9 Å². The van der Waals surface area contributed by atoms with Crippen molar-refractivity contribution >= 4 is 26.5 Å². The number of hydrogen-bond donors (Lipinski definition) is 0. The molecule has 0 radical (unpaired) electrons. The van der Waals surface area contributed by atoms with E-state index in [2.05, 4.69) is 5.10 Å². The van der Waals surface area contributed by atoms with Gasteiger partial charge in [-0.15, -0.1) is 0 Å². The van der Waals surface area contributed by atoms with Gasteiger partial charge in [0.1, 0.15) is 0 Å². The number of fused-ring (bicyclic) bond motifs is 1. The van der Waals surface area contributed by atoms with E-state index in [0.717, 1.165) is 36.0 Å². The SMILES string of the molecule is Cc1ccc(CN2N=C(C(=O)N3CCCCC3)S(=O)(=O)c3ccc(C)cc32)cc1. The molecule has 29 heavy (non-hydrogen) atoms. The second-order valence-electron chi connectivity index (χ2n) is 7.78. The first kappa shape index (κ1) is 19.6. The van der Waals surface area contributed by atoms with Crippen LogP contribution in [0.4, 0.5) is 5.69 Å². The van der Waals surface area contributed by atoms with Crippen LogP contribution in [0.5, 0.6) is 0 Å². The molecule has 4 rings (SSSR count).